The van der Waals surface area contributed by atoms with Gasteiger partial charge in [0, 0.05) is 52.4 Å². The number of carboxylic acids is 2. The third-order valence-electron chi connectivity index (χ3n) is 7.34. The maximum atomic E-state index is 11.5. The van der Waals surface area contributed by atoms with E-state index in [-0.39, 0.29) is 19.8 Å². The quantitative estimate of drug-likeness (QED) is 0.154. The summed E-state index contributed by atoms with van der Waals surface area (Å²) in [6.07, 6.45) is 12.3. The van der Waals surface area contributed by atoms with Gasteiger partial charge >= 0.3 is 11.9 Å². The third kappa shape index (κ3) is 18.1. The molecule has 0 amide bonds. The molecule has 1 aliphatic rings. The molecule has 0 aliphatic carbocycles. The van der Waals surface area contributed by atoms with Crippen LogP contribution in [0.5, 0.6) is 0 Å². The van der Waals surface area contributed by atoms with Crippen LogP contribution in [0, 0.1) is 0 Å². The second kappa shape index (κ2) is 23.4. The van der Waals surface area contributed by atoms with E-state index in [2.05, 4.69) is 11.8 Å². The number of nitrogens with zero attached hydrogens (tertiary/aromatic N) is 4. The average Bonchev–Trinajstić information content (AvgIpc) is 2.91. The van der Waals surface area contributed by atoms with E-state index >= 15 is 0 Å². The number of unbranched alkanes of at least 4 members (excludes halogenated alkanes) is 9. The highest BCUT2D eigenvalue weighted by atomic mass is 16.5. The Morgan fingerprint density at radius 3 is 1.60 bits per heavy atom. The van der Waals surface area contributed by atoms with Crippen molar-refractivity contribution in [1.82, 2.24) is 19.6 Å². The standard InChI is InChI=1S/C28H52N4O8/c1-2-3-4-5-6-7-8-9-10-11-12-26(40-25-34)32-19-17-30(22-28(37)38)14-13-29(21-27(35)36)15-16-31(18-20-32)23-39-24-33/h24-26H,2-23H2,1H3,(H,35,36)(H,37,38). The predicted molar refractivity (Wildman–Crippen MR) is 151 cm³/mol. The van der Waals surface area contributed by atoms with Gasteiger partial charge in [0.05, 0.1) is 13.1 Å². The topological polar surface area (TPSA) is 140 Å². The smallest absolute Gasteiger partial charge is 0.317 e. The fourth-order valence-corrected chi connectivity index (χ4v) is 5.01. The van der Waals surface area contributed by atoms with E-state index in [0.29, 0.717) is 71.7 Å². The predicted octanol–water partition coefficient (Wildman–Crippen LogP) is 2.32. The molecule has 0 aromatic carbocycles. The third-order valence-corrected chi connectivity index (χ3v) is 7.34. The van der Waals surface area contributed by atoms with Gasteiger partial charge in [0.2, 0.25) is 0 Å². The van der Waals surface area contributed by atoms with Crippen molar-refractivity contribution in [1.29, 1.82) is 0 Å². The first-order chi connectivity index (χ1) is 19.4. The van der Waals surface area contributed by atoms with Gasteiger partial charge in [0.15, 0.2) is 6.23 Å². The van der Waals surface area contributed by atoms with E-state index in [1.54, 1.807) is 9.80 Å². The van der Waals surface area contributed by atoms with E-state index in [1.165, 1.54) is 44.9 Å². The zero-order valence-electron chi connectivity index (χ0n) is 24.4. The highest BCUT2D eigenvalue weighted by Gasteiger charge is 2.24. The normalized spacial score (nSPS) is 17.8. The molecular weight excluding hydrogens is 520 g/mol. The van der Waals surface area contributed by atoms with Crippen LogP contribution in [0.2, 0.25) is 0 Å². The molecule has 232 valence electrons. The monoisotopic (exact) mass is 572 g/mol. The molecule has 12 nitrogen and oxygen atoms in total. The second-order valence-electron chi connectivity index (χ2n) is 10.5. The van der Waals surface area contributed by atoms with Crippen molar-refractivity contribution < 1.29 is 38.9 Å². The lowest BCUT2D eigenvalue weighted by Gasteiger charge is -2.35. The van der Waals surface area contributed by atoms with Crippen LogP contribution >= 0.6 is 0 Å². The molecule has 0 radical (unpaired) electrons. The number of carbonyl (C=O) groups excluding carboxylic acids is 2. The van der Waals surface area contributed by atoms with Crippen LogP contribution in [0.4, 0.5) is 0 Å². The Bertz CT molecular complexity index is 699. The summed E-state index contributed by atoms with van der Waals surface area (Å²) in [5.41, 5.74) is 0. The molecule has 0 aromatic heterocycles. The van der Waals surface area contributed by atoms with Gasteiger partial charge in [-0.05, 0) is 12.8 Å². The average molecular weight is 573 g/mol. The lowest BCUT2D eigenvalue weighted by molar-refractivity contribution is -0.146. The van der Waals surface area contributed by atoms with Crippen molar-refractivity contribution in [2.75, 3.05) is 72.2 Å². The lowest BCUT2D eigenvalue weighted by Crippen LogP contribution is -2.50. The number of hydrogen-bond donors (Lipinski definition) is 2. The van der Waals surface area contributed by atoms with Gasteiger partial charge in [-0.25, -0.2) is 0 Å². The largest absolute Gasteiger partial charge is 0.480 e. The fourth-order valence-electron chi connectivity index (χ4n) is 5.01. The van der Waals surface area contributed by atoms with Crippen LogP contribution < -0.4 is 0 Å². The minimum Gasteiger partial charge on any atom is -0.480 e. The number of rotatable bonds is 21. The van der Waals surface area contributed by atoms with Crippen LogP contribution in [-0.4, -0.2) is 133 Å². The summed E-state index contributed by atoms with van der Waals surface area (Å²) in [7, 11) is 0. The Morgan fingerprint density at radius 2 is 1.12 bits per heavy atom. The van der Waals surface area contributed by atoms with Crippen molar-refractivity contribution in [3.63, 3.8) is 0 Å². The minimum atomic E-state index is -0.959. The Hall–Kier alpha value is -2.28. The van der Waals surface area contributed by atoms with Crippen LogP contribution in [0.1, 0.15) is 77.6 Å². The van der Waals surface area contributed by atoms with E-state index in [4.69, 9.17) is 9.47 Å². The SMILES string of the molecule is CCCCCCCCCCCCC(OC=O)N1CCN(COC=O)CCN(CC(=O)O)CCN(CC(=O)O)CC1. The Morgan fingerprint density at radius 1 is 0.675 bits per heavy atom. The summed E-state index contributed by atoms with van der Waals surface area (Å²) in [4.78, 5) is 52.6. The van der Waals surface area contributed by atoms with Crippen molar-refractivity contribution in [3.05, 3.63) is 0 Å². The van der Waals surface area contributed by atoms with Gasteiger partial charge in [-0.3, -0.25) is 38.8 Å². The van der Waals surface area contributed by atoms with Gasteiger partial charge in [-0.15, -0.1) is 0 Å². The molecule has 12 heteroatoms. The van der Waals surface area contributed by atoms with Gasteiger partial charge < -0.3 is 19.7 Å². The summed E-state index contributed by atoms with van der Waals surface area (Å²) in [5, 5.41) is 18.7. The highest BCUT2D eigenvalue weighted by Crippen LogP contribution is 2.15. The van der Waals surface area contributed by atoms with Crippen molar-refractivity contribution in [2.24, 2.45) is 0 Å². The molecule has 1 unspecified atom stereocenters. The van der Waals surface area contributed by atoms with E-state index in [1.807, 2.05) is 4.90 Å². The summed E-state index contributed by atoms with van der Waals surface area (Å²) in [5.74, 6) is -1.91. The molecule has 1 heterocycles. The Balaban J connectivity index is 2.79. The van der Waals surface area contributed by atoms with Crippen LogP contribution in [0.15, 0.2) is 0 Å². The molecule has 0 bridgehead atoms. The maximum Gasteiger partial charge on any atom is 0.317 e. The summed E-state index contributed by atoms with van der Waals surface area (Å²) < 4.78 is 10.5. The van der Waals surface area contributed by atoms with Crippen molar-refractivity contribution >= 4 is 24.9 Å². The minimum absolute atomic E-state index is 0.0705. The number of carbonyl (C=O) groups is 4. The van der Waals surface area contributed by atoms with E-state index in [9.17, 15) is 29.4 Å². The number of aliphatic carboxylic acids is 2. The number of carboxylic acid groups (broad SMARTS) is 2. The summed E-state index contributed by atoms with van der Waals surface area (Å²) in [6, 6.07) is 0. The first kappa shape index (κ1) is 35.7. The molecule has 1 rings (SSSR count). The van der Waals surface area contributed by atoms with Gasteiger partial charge in [-0.2, -0.15) is 0 Å². The first-order valence-corrected chi connectivity index (χ1v) is 14.9. The maximum absolute atomic E-state index is 11.5. The van der Waals surface area contributed by atoms with Gasteiger partial charge in [0.1, 0.15) is 6.73 Å². The molecule has 0 spiro atoms. The highest BCUT2D eigenvalue weighted by molar-refractivity contribution is 5.69. The van der Waals surface area contributed by atoms with Crippen LogP contribution in [0.25, 0.3) is 0 Å². The molecule has 1 atom stereocenters. The van der Waals surface area contributed by atoms with Crippen molar-refractivity contribution in [2.45, 2.75) is 83.8 Å². The van der Waals surface area contributed by atoms with E-state index < -0.39 is 18.2 Å². The van der Waals surface area contributed by atoms with Gasteiger partial charge in [0.25, 0.3) is 12.9 Å². The Labute approximate surface area is 239 Å². The van der Waals surface area contributed by atoms with Crippen LogP contribution in [0.3, 0.4) is 0 Å². The molecule has 0 saturated carbocycles. The van der Waals surface area contributed by atoms with Gasteiger partial charge in [-0.1, -0.05) is 64.7 Å². The fraction of sp³-hybridized carbons (Fsp3) is 0.857. The van der Waals surface area contributed by atoms with Crippen LogP contribution in [-0.2, 0) is 28.7 Å². The zero-order chi connectivity index (χ0) is 29.4. The molecular formula is C28H52N4O8. The molecule has 1 fully saturated rings. The summed E-state index contributed by atoms with van der Waals surface area (Å²) >= 11 is 0. The number of ether oxygens (including phenoxy) is 2. The molecule has 40 heavy (non-hydrogen) atoms. The molecule has 0 aromatic rings. The molecule has 2 N–H and O–H groups in total. The zero-order valence-corrected chi connectivity index (χ0v) is 24.4. The lowest BCUT2D eigenvalue weighted by atomic mass is 10.1. The number of hydrogen-bond acceptors (Lipinski definition) is 10. The van der Waals surface area contributed by atoms with E-state index in [0.717, 1.165) is 19.3 Å². The molecule has 1 aliphatic heterocycles. The molecule has 1 saturated heterocycles. The van der Waals surface area contributed by atoms with Crippen molar-refractivity contribution in [3.8, 4) is 0 Å². The summed E-state index contributed by atoms with van der Waals surface area (Å²) in [6.45, 7) is 6.40. The second-order valence-corrected chi connectivity index (χ2v) is 10.5. The first-order valence-electron chi connectivity index (χ1n) is 14.9. The Kier molecular flexibility index (Phi) is 20.9.